The standard InChI is InChI=1S/C14H22N4O/c1-10(2)18(9-11-5-4-8-16-11)13-7-3-6-12(17-13)14(15)19/h3,6-7,10-11,16H,4-5,8-9H2,1-2H3,(H2,15,19). The second-order valence-corrected chi connectivity index (χ2v) is 5.28. The minimum Gasteiger partial charge on any atom is -0.364 e. The topological polar surface area (TPSA) is 71.2 Å². The summed E-state index contributed by atoms with van der Waals surface area (Å²) < 4.78 is 0. The van der Waals surface area contributed by atoms with Crippen molar-refractivity contribution < 1.29 is 4.79 Å². The monoisotopic (exact) mass is 262 g/mol. The van der Waals surface area contributed by atoms with E-state index < -0.39 is 5.91 Å². The van der Waals surface area contributed by atoms with Gasteiger partial charge in [0, 0.05) is 18.6 Å². The van der Waals surface area contributed by atoms with Crippen LogP contribution in [0, 0.1) is 0 Å². The highest BCUT2D eigenvalue weighted by molar-refractivity contribution is 5.91. The largest absolute Gasteiger partial charge is 0.364 e. The number of hydrogen-bond donors (Lipinski definition) is 2. The van der Waals surface area contributed by atoms with Gasteiger partial charge >= 0.3 is 0 Å². The summed E-state index contributed by atoms with van der Waals surface area (Å²) in [5.41, 5.74) is 5.61. The molecule has 1 unspecified atom stereocenters. The number of nitrogens with two attached hydrogens (primary N) is 1. The molecule has 1 fully saturated rings. The van der Waals surface area contributed by atoms with E-state index in [1.165, 1.54) is 12.8 Å². The van der Waals surface area contributed by atoms with Crippen LogP contribution in [0.25, 0.3) is 0 Å². The Morgan fingerprint density at radius 1 is 1.58 bits per heavy atom. The van der Waals surface area contributed by atoms with Crippen molar-refractivity contribution in [2.45, 2.75) is 38.8 Å². The van der Waals surface area contributed by atoms with Crippen molar-refractivity contribution in [3.63, 3.8) is 0 Å². The molecule has 1 atom stereocenters. The normalized spacial score (nSPS) is 18.8. The molecule has 0 radical (unpaired) electrons. The van der Waals surface area contributed by atoms with Crippen LogP contribution < -0.4 is 16.0 Å². The number of amides is 1. The zero-order valence-corrected chi connectivity index (χ0v) is 11.6. The summed E-state index contributed by atoms with van der Waals surface area (Å²) in [7, 11) is 0. The lowest BCUT2D eigenvalue weighted by Gasteiger charge is -2.30. The molecule has 1 aliphatic rings. The van der Waals surface area contributed by atoms with Crippen LogP contribution in [0.5, 0.6) is 0 Å². The highest BCUT2D eigenvalue weighted by Gasteiger charge is 2.21. The number of hydrogen-bond acceptors (Lipinski definition) is 4. The minimum absolute atomic E-state index is 0.322. The number of carbonyl (C=O) groups is 1. The molecular weight excluding hydrogens is 240 g/mol. The molecule has 19 heavy (non-hydrogen) atoms. The predicted molar refractivity (Wildman–Crippen MR) is 76.3 cm³/mol. The van der Waals surface area contributed by atoms with E-state index in [4.69, 9.17) is 5.73 Å². The fourth-order valence-electron chi connectivity index (χ4n) is 2.44. The Balaban J connectivity index is 2.17. The first-order chi connectivity index (χ1) is 9.08. The third-order valence-electron chi connectivity index (χ3n) is 3.48. The van der Waals surface area contributed by atoms with Crippen LogP contribution in [0.2, 0.25) is 0 Å². The van der Waals surface area contributed by atoms with E-state index >= 15 is 0 Å². The smallest absolute Gasteiger partial charge is 0.267 e. The molecule has 2 heterocycles. The van der Waals surface area contributed by atoms with Gasteiger partial charge < -0.3 is 16.0 Å². The van der Waals surface area contributed by atoms with Crippen molar-refractivity contribution in [3.05, 3.63) is 23.9 Å². The average molecular weight is 262 g/mol. The van der Waals surface area contributed by atoms with Gasteiger partial charge in [-0.3, -0.25) is 4.79 Å². The lowest BCUT2D eigenvalue weighted by atomic mass is 10.2. The van der Waals surface area contributed by atoms with Gasteiger partial charge in [-0.05, 0) is 45.4 Å². The molecule has 104 valence electrons. The maximum atomic E-state index is 11.2. The van der Waals surface area contributed by atoms with Crippen molar-refractivity contribution in [1.29, 1.82) is 0 Å². The SMILES string of the molecule is CC(C)N(CC1CCCN1)c1cccc(C(N)=O)n1. The summed E-state index contributed by atoms with van der Waals surface area (Å²) in [5, 5.41) is 3.49. The number of nitrogens with zero attached hydrogens (tertiary/aromatic N) is 2. The molecular formula is C14H22N4O. The van der Waals surface area contributed by atoms with Gasteiger partial charge in [-0.25, -0.2) is 4.98 Å². The number of pyridine rings is 1. The quantitative estimate of drug-likeness (QED) is 0.835. The Hall–Kier alpha value is -1.62. The van der Waals surface area contributed by atoms with Crippen LogP contribution in [0.1, 0.15) is 37.2 Å². The number of aromatic nitrogens is 1. The highest BCUT2D eigenvalue weighted by Crippen LogP contribution is 2.17. The van der Waals surface area contributed by atoms with Gasteiger partial charge in [0.15, 0.2) is 0 Å². The van der Waals surface area contributed by atoms with Gasteiger partial charge in [-0.2, -0.15) is 0 Å². The Labute approximate surface area is 114 Å². The first kappa shape index (κ1) is 13.8. The molecule has 0 bridgehead atoms. The molecule has 1 aliphatic heterocycles. The van der Waals surface area contributed by atoms with Crippen LogP contribution in [0.15, 0.2) is 18.2 Å². The number of rotatable bonds is 5. The third-order valence-corrected chi connectivity index (χ3v) is 3.48. The Bertz CT molecular complexity index is 441. The molecule has 3 N–H and O–H groups in total. The van der Waals surface area contributed by atoms with Crippen molar-refractivity contribution in [2.75, 3.05) is 18.0 Å². The maximum Gasteiger partial charge on any atom is 0.267 e. The molecule has 1 saturated heterocycles. The summed E-state index contributed by atoms with van der Waals surface area (Å²) in [6.07, 6.45) is 2.42. The molecule has 1 aromatic rings. The predicted octanol–water partition coefficient (Wildman–Crippen LogP) is 1.15. The lowest BCUT2D eigenvalue weighted by Crippen LogP contribution is -2.42. The summed E-state index contributed by atoms with van der Waals surface area (Å²) in [4.78, 5) is 17.8. The molecule has 0 aromatic carbocycles. The van der Waals surface area contributed by atoms with Gasteiger partial charge in [0.05, 0.1) is 0 Å². The van der Waals surface area contributed by atoms with E-state index in [0.717, 1.165) is 18.9 Å². The van der Waals surface area contributed by atoms with Crippen LogP contribution in [0.3, 0.4) is 0 Å². The number of primary amides is 1. The summed E-state index contributed by atoms with van der Waals surface area (Å²) in [5.74, 6) is 0.338. The Morgan fingerprint density at radius 2 is 2.37 bits per heavy atom. The molecule has 1 aromatic heterocycles. The van der Waals surface area contributed by atoms with Crippen LogP contribution >= 0.6 is 0 Å². The van der Waals surface area contributed by atoms with Gasteiger partial charge in [0.1, 0.15) is 11.5 Å². The lowest BCUT2D eigenvalue weighted by molar-refractivity contribution is 0.0995. The summed E-state index contributed by atoms with van der Waals surface area (Å²) in [6, 6.07) is 6.25. The average Bonchev–Trinajstić information content (AvgIpc) is 2.88. The number of anilines is 1. The fourth-order valence-corrected chi connectivity index (χ4v) is 2.44. The van der Waals surface area contributed by atoms with Gasteiger partial charge in [-0.1, -0.05) is 6.07 Å². The highest BCUT2D eigenvalue weighted by atomic mass is 16.1. The number of carbonyl (C=O) groups excluding carboxylic acids is 1. The van der Waals surface area contributed by atoms with E-state index in [9.17, 15) is 4.79 Å². The fraction of sp³-hybridized carbons (Fsp3) is 0.571. The first-order valence-electron chi connectivity index (χ1n) is 6.85. The third kappa shape index (κ3) is 3.44. The molecule has 0 aliphatic carbocycles. The van der Waals surface area contributed by atoms with Gasteiger partial charge in [0.25, 0.3) is 5.91 Å². The van der Waals surface area contributed by atoms with Crippen molar-refractivity contribution >= 4 is 11.7 Å². The molecule has 2 rings (SSSR count). The number of nitrogens with one attached hydrogen (secondary N) is 1. The van der Waals surface area contributed by atoms with Crippen LogP contribution in [-0.4, -0.2) is 36.1 Å². The van der Waals surface area contributed by atoms with Gasteiger partial charge in [0.2, 0.25) is 0 Å². The minimum atomic E-state index is -0.482. The molecule has 5 heteroatoms. The van der Waals surface area contributed by atoms with Gasteiger partial charge in [-0.15, -0.1) is 0 Å². The zero-order chi connectivity index (χ0) is 13.8. The second kappa shape index (κ2) is 6.02. The first-order valence-corrected chi connectivity index (χ1v) is 6.85. The van der Waals surface area contributed by atoms with Crippen molar-refractivity contribution in [3.8, 4) is 0 Å². The molecule has 0 spiro atoms. The van der Waals surface area contributed by atoms with E-state index in [1.807, 2.05) is 12.1 Å². The molecule has 0 saturated carbocycles. The van der Waals surface area contributed by atoms with Crippen molar-refractivity contribution in [1.82, 2.24) is 10.3 Å². The maximum absolute atomic E-state index is 11.2. The van der Waals surface area contributed by atoms with E-state index in [0.29, 0.717) is 17.8 Å². The molecule has 1 amide bonds. The van der Waals surface area contributed by atoms with Crippen molar-refractivity contribution in [2.24, 2.45) is 5.73 Å². The molecule has 5 nitrogen and oxygen atoms in total. The second-order valence-electron chi connectivity index (χ2n) is 5.28. The van der Waals surface area contributed by atoms with E-state index in [2.05, 4.69) is 29.0 Å². The summed E-state index contributed by atoms with van der Waals surface area (Å²) >= 11 is 0. The Morgan fingerprint density at radius 3 is 2.95 bits per heavy atom. The van der Waals surface area contributed by atoms with Crippen LogP contribution in [0.4, 0.5) is 5.82 Å². The van der Waals surface area contributed by atoms with Crippen LogP contribution in [-0.2, 0) is 0 Å². The van der Waals surface area contributed by atoms with E-state index in [-0.39, 0.29) is 0 Å². The Kier molecular flexibility index (Phi) is 4.37. The summed E-state index contributed by atoms with van der Waals surface area (Å²) in [6.45, 7) is 6.26. The zero-order valence-electron chi connectivity index (χ0n) is 11.6. The van der Waals surface area contributed by atoms with E-state index in [1.54, 1.807) is 6.07 Å².